The van der Waals surface area contributed by atoms with Crippen LogP contribution in [0, 0.1) is 5.92 Å². The third-order valence-corrected chi connectivity index (χ3v) is 1.55. The number of hydrogen-bond donors (Lipinski definition) is 2. The van der Waals surface area contributed by atoms with Crippen LogP contribution in [0.5, 0.6) is 0 Å². The summed E-state index contributed by atoms with van der Waals surface area (Å²) >= 11 is 0. The standard InChI is InChI=1S/C6H13NO.C2H6/c1-5-2-6(8)4-7-3-5;1-2/h5-8H,2-4H2,1H3;1-2H3. The largest absolute Gasteiger partial charge is 0.392 e. The zero-order chi connectivity index (χ0) is 7.98. The van der Waals surface area contributed by atoms with Gasteiger partial charge in [-0.05, 0) is 18.9 Å². The van der Waals surface area contributed by atoms with Crippen molar-refractivity contribution in [3.63, 3.8) is 0 Å². The smallest absolute Gasteiger partial charge is 0.0667 e. The molecular weight excluding hydrogens is 126 g/mol. The highest BCUT2D eigenvalue weighted by atomic mass is 16.3. The SMILES string of the molecule is CC.CC1CNCC(O)C1. The molecule has 62 valence electrons. The van der Waals surface area contributed by atoms with Crippen molar-refractivity contribution in [2.24, 2.45) is 5.92 Å². The summed E-state index contributed by atoms with van der Waals surface area (Å²) in [4.78, 5) is 0. The van der Waals surface area contributed by atoms with E-state index in [2.05, 4.69) is 12.2 Å². The van der Waals surface area contributed by atoms with Gasteiger partial charge in [0.15, 0.2) is 0 Å². The van der Waals surface area contributed by atoms with Crippen molar-refractivity contribution in [2.75, 3.05) is 13.1 Å². The van der Waals surface area contributed by atoms with Crippen molar-refractivity contribution < 1.29 is 5.11 Å². The van der Waals surface area contributed by atoms with Gasteiger partial charge in [0.1, 0.15) is 0 Å². The average Bonchev–Trinajstić information content (AvgIpc) is 1.91. The van der Waals surface area contributed by atoms with Crippen molar-refractivity contribution in [1.82, 2.24) is 5.32 Å². The normalized spacial score (nSPS) is 32.4. The molecule has 2 atom stereocenters. The first kappa shape index (κ1) is 9.92. The number of aliphatic hydroxyl groups excluding tert-OH is 1. The first-order valence-corrected chi connectivity index (χ1v) is 4.18. The molecule has 0 aromatic heterocycles. The summed E-state index contributed by atoms with van der Waals surface area (Å²) in [5.74, 6) is 0.652. The van der Waals surface area contributed by atoms with Crippen LogP contribution < -0.4 is 5.32 Å². The van der Waals surface area contributed by atoms with Crippen LogP contribution in [0.4, 0.5) is 0 Å². The summed E-state index contributed by atoms with van der Waals surface area (Å²) in [7, 11) is 0. The molecular formula is C8H19NO. The van der Waals surface area contributed by atoms with Crippen molar-refractivity contribution in [3.8, 4) is 0 Å². The Hall–Kier alpha value is -0.0800. The van der Waals surface area contributed by atoms with Crippen LogP contribution in [0.1, 0.15) is 27.2 Å². The lowest BCUT2D eigenvalue weighted by molar-refractivity contribution is 0.119. The lowest BCUT2D eigenvalue weighted by Gasteiger charge is -2.23. The Morgan fingerprint density at radius 1 is 1.30 bits per heavy atom. The van der Waals surface area contributed by atoms with Gasteiger partial charge in [-0.15, -0.1) is 0 Å². The van der Waals surface area contributed by atoms with Gasteiger partial charge in [0.05, 0.1) is 6.10 Å². The Morgan fingerprint density at radius 3 is 2.20 bits per heavy atom. The zero-order valence-electron chi connectivity index (χ0n) is 7.22. The van der Waals surface area contributed by atoms with Gasteiger partial charge in [-0.25, -0.2) is 0 Å². The Morgan fingerprint density at radius 2 is 1.90 bits per heavy atom. The molecule has 1 rings (SSSR count). The molecule has 2 unspecified atom stereocenters. The fourth-order valence-corrected chi connectivity index (χ4v) is 1.13. The Kier molecular flexibility index (Phi) is 5.64. The molecule has 1 heterocycles. The minimum absolute atomic E-state index is 0.0984. The third kappa shape index (κ3) is 3.85. The first-order valence-electron chi connectivity index (χ1n) is 4.18. The van der Waals surface area contributed by atoms with Crippen molar-refractivity contribution in [2.45, 2.75) is 33.3 Å². The van der Waals surface area contributed by atoms with Crippen molar-refractivity contribution in [3.05, 3.63) is 0 Å². The van der Waals surface area contributed by atoms with Gasteiger partial charge in [-0.1, -0.05) is 20.8 Å². The van der Waals surface area contributed by atoms with Crippen LogP contribution in [0.3, 0.4) is 0 Å². The van der Waals surface area contributed by atoms with Gasteiger partial charge < -0.3 is 10.4 Å². The molecule has 1 aliphatic heterocycles. The molecule has 0 aromatic rings. The molecule has 0 aliphatic carbocycles. The molecule has 0 saturated carbocycles. The highest BCUT2D eigenvalue weighted by molar-refractivity contribution is 4.71. The van der Waals surface area contributed by atoms with E-state index in [0.29, 0.717) is 5.92 Å². The van der Waals surface area contributed by atoms with E-state index in [1.165, 1.54) is 0 Å². The number of β-amino-alcohol motifs (C(OH)–C–C–N with tert-alkyl or cyclic N) is 1. The van der Waals surface area contributed by atoms with Crippen molar-refractivity contribution >= 4 is 0 Å². The van der Waals surface area contributed by atoms with Crippen molar-refractivity contribution in [1.29, 1.82) is 0 Å². The summed E-state index contributed by atoms with van der Waals surface area (Å²) in [5, 5.41) is 12.2. The van der Waals surface area contributed by atoms with Crippen LogP contribution in [0.2, 0.25) is 0 Å². The first-order chi connectivity index (χ1) is 4.79. The molecule has 0 amide bonds. The zero-order valence-corrected chi connectivity index (χ0v) is 7.22. The summed E-state index contributed by atoms with van der Waals surface area (Å²) in [6.45, 7) is 8.00. The fraction of sp³-hybridized carbons (Fsp3) is 1.00. The second kappa shape index (κ2) is 5.69. The monoisotopic (exact) mass is 145 g/mol. The molecule has 0 spiro atoms. The Bertz CT molecular complexity index is 67.7. The van der Waals surface area contributed by atoms with Crippen LogP contribution in [0.15, 0.2) is 0 Å². The van der Waals surface area contributed by atoms with E-state index in [4.69, 9.17) is 5.11 Å². The maximum atomic E-state index is 9.02. The summed E-state index contributed by atoms with van der Waals surface area (Å²) in [6.07, 6.45) is 0.867. The molecule has 1 aliphatic rings. The van der Waals surface area contributed by atoms with E-state index in [0.717, 1.165) is 19.5 Å². The highest BCUT2D eigenvalue weighted by Crippen LogP contribution is 2.07. The summed E-state index contributed by atoms with van der Waals surface area (Å²) in [6, 6.07) is 0. The molecule has 10 heavy (non-hydrogen) atoms. The van der Waals surface area contributed by atoms with Gasteiger partial charge >= 0.3 is 0 Å². The van der Waals surface area contributed by atoms with Gasteiger partial charge in [-0.2, -0.15) is 0 Å². The molecule has 2 heteroatoms. The number of rotatable bonds is 0. The molecule has 1 fully saturated rings. The van der Waals surface area contributed by atoms with Gasteiger partial charge in [0.2, 0.25) is 0 Å². The maximum absolute atomic E-state index is 9.02. The van der Waals surface area contributed by atoms with Crippen LogP contribution >= 0.6 is 0 Å². The maximum Gasteiger partial charge on any atom is 0.0667 e. The van der Waals surface area contributed by atoms with E-state index in [1.54, 1.807) is 0 Å². The van der Waals surface area contributed by atoms with E-state index >= 15 is 0 Å². The molecule has 2 nitrogen and oxygen atoms in total. The number of piperidine rings is 1. The lowest BCUT2D eigenvalue weighted by Crippen LogP contribution is -2.38. The van der Waals surface area contributed by atoms with E-state index in [1.807, 2.05) is 13.8 Å². The Balaban J connectivity index is 0.000000371. The highest BCUT2D eigenvalue weighted by Gasteiger charge is 2.14. The average molecular weight is 145 g/mol. The van der Waals surface area contributed by atoms with E-state index in [9.17, 15) is 0 Å². The summed E-state index contributed by atoms with van der Waals surface area (Å²) in [5.41, 5.74) is 0. The van der Waals surface area contributed by atoms with Crippen LogP contribution in [-0.4, -0.2) is 24.3 Å². The molecule has 0 bridgehead atoms. The number of aliphatic hydroxyl groups is 1. The topological polar surface area (TPSA) is 32.3 Å². The fourth-order valence-electron chi connectivity index (χ4n) is 1.13. The number of hydrogen-bond acceptors (Lipinski definition) is 2. The minimum atomic E-state index is -0.0984. The molecule has 0 radical (unpaired) electrons. The predicted octanol–water partition coefficient (Wildman–Crippen LogP) is 1.00. The molecule has 0 aromatic carbocycles. The quantitative estimate of drug-likeness (QED) is 0.533. The third-order valence-electron chi connectivity index (χ3n) is 1.55. The van der Waals surface area contributed by atoms with Gasteiger partial charge in [0.25, 0.3) is 0 Å². The Labute approximate surface area is 63.6 Å². The summed E-state index contributed by atoms with van der Waals surface area (Å²) < 4.78 is 0. The van der Waals surface area contributed by atoms with Crippen LogP contribution in [-0.2, 0) is 0 Å². The molecule has 2 N–H and O–H groups in total. The second-order valence-corrected chi connectivity index (χ2v) is 2.65. The minimum Gasteiger partial charge on any atom is -0.392 e. The predicted molar refractivity (Wildman–Crippen MR) is 44.0 cm³/mol. The lowest BCUT2D eigenvalue weighted by atomic mass is 10.0. The van der Waals surface area contributed by atoms with E-state index in [-0.39, 0.29) is 6.10 Å². The second-order valence-electron chi connectivity index (χ2n) is 2.65. The van der Waals surface area contributed by atoms with Crippen LogP contribution in [0.25, 0.3) is 0 Å². The number of nitrogens with one attached hydrogen (secondary N) is 1. The van der Waals surface area contributed by atoms with Gasteiger partial charge in [0, 0.05) is 6.54 Å². The van der Waals surface area contributed by atoms with E-state index < -0.39 is 0 Å². The molecule has 1 saturated heterocycles. The van der Waals surface area contributed by atoms with Gasteiger partial charge in [-0.3, -0.25) is 0 Å².